The fourth-order valence-electron chi connectivity index (χ4n) is 3.47. The number of amides is 5. The SMILES string of the molecule is C[C@H](NC(=O)[C@H](CO)NC(=O)[C@@H](NC(=O)[C@H](CCC(N)=O)NC(=O)[C@@H](CS)Cc1ccccc1)[C@@H](C)O)C(=O)O. The maximum absolute atomic E-state index is 13.1. The Balaban J connectivity index is 3.01. The summed E-state index contributed by atoms with van der Waals surface area (Å²) in [6.07, 6.45) is -1.66. The van der Waals surface area contributed by atoms with E-state index in [4.69, 9.17) is 10.8 Å². The molecule has 0 bridgehead atoms. The summed E-state index contributed by atoms with van der Waals surface area (Å²) in [5, 5.41) is 37.7. The number of carboxylic acids is 1. The van der Waals surface area contributed by atoms with Gasteiger partial charge in [-0.2, -0.15) is 12.6 Å². The largest absolute Gasteiger partial charge is 0.480 e. The monoisotopic (exact) mass is 583 g/mol. The first kappa shape index (κ1) is 34.3. The van der Waals surface area contributed by atoms with Gasteiger partial charge in [0.25, 0.3) is 0 Å². The molecule has 9 N–H and O–H groups in total. The van der Waals surface area contributed by atoms with Gasteiger partial charge in [0.05, 0.1) is 18.6 Å². The van der Waals surface area contributed by atoms with Gasteiger partial charge >= 0.3 is 5.97 Å². The van der Waals surface area contributed by atoms with Crippen molar-refractivity contribution in [3.63, 3.8) is 0 Å². The molecule has 0 fully saturated rings. The third-order valence-electron chi connectivity index (χ3n) is 5.84. The summed E-state index contributed by atoms with van der Waals surface area (Å²) < 4.78 is 0. The van der Waals surface area contributed by atoms with Crippen LogP contribution >= 0.6 is 12.6 Å². The smallest absolute Gasteiger partial charge is 0.325 e. The van der Waals surface area contributed by atoms with Gasteiger partial charge in [0.2, 0.25) is 29.5 Å². The molecule has 14 nitrogen and oxygen atoms in total. The number of aliphatic hydroxyl groups is 2. The van der Waals surface area contributed by atoms with E-state index in [1.165, 1.54) is 13.8 Å². The zero-order valence-electron chi connectivity index (χ0n) is 22.2. The summed E-state index contributed by atoms with van der Waals surface area (Å²) in [7, 11) is 0. The maximum Gasteiger partial charge on any atom is 0.325 e. The summed E-state index contributed by atoms with van der Waals surface area (Å²) in [6.45, 7) is 1.45. The molecule has 0 aliphatic rings. The van der Waals surface area contributed by atoms with Crippen LogP contribution in [-0.4, -0.2) is 93.5 Å². The molecule has 1 rings (SSSR count). The third-order valence-corrected chi connectivity index (χ3v) is 6.28. The molecule has 6 atom stereocenters. The van der Waals surface area contributed by atoms with E-state index in [9.17, 15) is 39.0 Å². The van der Waals surface area contributed by atoms with Gasteiger partial charge in [-0.15, -0.1) is 0 Å². The van der Waals surface area contributed by atoms with Crippen molar-refractivity contribution < 1.29 is 44.1 Å². The molecule has 0 saturated heterocycles. The van der Waals surface area contributed by atoms with Crippen LogP contribution in [0, 0.1) is 5.92 Å². The average Bonchev–Trinajstić information content (AvgIpc) is 2.90. The van der Waals surface area contributed by atoms with E-state index in [1.54, 1.807) is 0 Å². The fourth-order valence-corrected chi connectivity index (χ4v) is 3.77. The summed E-state index contributed by atoms with van der Waals surface area (Å²) in [6, 6.07) is 3.23. The molecule has 1 aromatic carbocycles. The van der Waals surface area contributed by atoms with Crippen molar-refractivity contribution in [2.24, 2.45) is 11.7 Å². The fraction of sp³-hybridized carbons (Fsp3) is 0.520. The second kappa shape index (κ2) is 17.1. The van der Waals surface area contributed by atoms with Crippen molar-refractivity contribution in [1.82, 2.24) is 21.3 Å². The number of hydrogen-bond acceptors (Lipinski definition) is 9. The van der Waals surface area contributed by atoms with Crippen LogP contribution in [0.5, 0.6) is 0 Å². The number of rotatable bonds is 17. The molecule has 0 aliphatic heterocycles. The van der Waals surface area contributed by atoms with E-state index in [0.717, 1.165) is 5.56 Å². The normalized spacial score (nSPS) is 15.3. The van der Waals surface area contributed by atoms with Gasteiger partial charge in [0.15, 0.2) is 0 Å². The van der Waals surface area contributed by atoms with E-state index in [2.05, 4.69) is 33.9 Å². The lowest BCUT2D eigenvalue weighted by Crippen LogP contribution is -2.61. The molecule has 222 valence electrons. The van der Waals surface area contributed by atoms with Crippen LogP contribution in [-0.2, 0) is 35.2 Å². The highest BCUT2D eigenvalue weighted by Gasteiger charge is 2.33. The van der Waals surface area contributed by atoms with Gasteiger partial charge in [-0.05, 0) is 32.3 Å². The first-order valence-corrected chi connectivity index (χ1v) is 13.1. The van der Waals surface area contributed by atoms with E-state index in [-0.39, 0.29) is 18.6 Å². The van der Waals surface area contributed by atoms with Gasteiger partial charge in [-0.1, -0.05) is 30.3 Å². The Morgan fingerprint density at radius 1 is 0.875 bits per heavy atom. The van der Waals surface area contributed by atoms with E-state index in [0.29, 0.717) is 6.42 Å². The van der Waals surface area contributed by atoms with Crippen LogP contribution in [0.25, 0.3) is 0 Å². The number of carbonyl (C=O) groups is 6. The Kier molecular flexibility index (Phi) is 14.7. The summed E-state index contributed by atoms with van der Waals surface area (Å²) in [4.78, 5) is 73.5. The zero-order chi connectivity index (χ0) is 30.4. The minimum Gasteiger partial charge on any atom is -0.480 e. The predicted molar refractivity (Wildman–Crippen MR) is 146 cm³/mol. The van der Waals surface area contributed by atoms with Gasteiger partial charge in [-0.25, -0.2) is 0 Å². The van der Waals surface area contributed by atoms with Crippen molar-refractivity contribution in [3.8, 4) is 0 Å². The number of thiol groups is 1. The number of carbonyl (C=O) groups excluding carboxylic acids is 5. The Morgan fingerprint density at radius 3 is 1.95 bits per heavy atom. The van der Waals surface area contributed by atoms with Crippen LogP contribution in [0.3, 0.4) is 0 Å². The molecule has 0 unspecified atom stereocenters. The molecule has 0 aromatic heterocycles. The van der Waals surface area contributed by atoms with Gasteiger partial charge in [-0.3, -0.25) is 28.8 Å². The number of nitrogens with one attached hydrogen (secondary N) is 4. The van der Waals surface area contributed by atoms with Gasteiger partial charge < -0.3 is 42.3 Å². The molecular formula is C25H37N5O9S. The van der Waals surface area contributed by atoms with Crippen LogP contribution in [0.4, 0.5) is 0 Å². The molecule has 0 saturated carbocycles. The molecule has 15 heteroatoms. The molecule has 0 aliphatic carbocycles. The van der Waals surface area contributed by atoms with Crippen molar-refractivity contribution in [1.29, 1.82) is 0 Å². The minimum atomic E-state index is -1.65. The first-order chi connectivity index (χ1) is 18.8. The molecule has 0 heterocycles. The van der Waals surface area contributed by atoms with E-state index in [1.807, 2.05) is 30.3 Å². The standard InChI is InChI=1S/C25H37N5O9S/c1-13(25(38)39)27-23(36)18(11-31)29-24(37)20(14(2)32)30-22(35)17(8-9-19(26)33)28-21(34)16(12-40)10-15-6-4-3-5-7-15/h3-7,13-14,16-18,20,31-32,40H,8-12H2,1-2H3,(H2,26,33)(H,27,36)(H,28,34)(H,29,37)(H,30,35)(H,38,39)/t13-,14+,16+,17-,18-,20-/m0/s1. The molecule has 40 heavy (non-hydrogen) atoms. The highest BCUT2D eigenvalue weighted by Crippen LogP contribution is 2.12. The minimum absolute atomic E-state index is 0.148. The van der Waals surface area contributed by atoms with Crippen LogP contribution in [0.15, 0.2) is 30.3 Å². The third kappa shape index (κ3) is 11.6. The lowest BCUT2D eigenvalue weighted by Gasteiger charge is -2.27. The molecule has 0 radical (unpaired) electrons. The second-order valence-electron chi connectivity index (χ2n) is 9.17. The number of benzene rings is 1. The Morgan fingerprint density at radius 2 is 1.45 bits per heavy atom. The topological polar surface area (TPSA) is 237 Å². The Bertz CT molecular complexity index is 1040. The molecule has 0 spiro atoms. The summed E-state index contributed by atoms with van der Waals surface area (Å²) in [5.41, 5.74) is 6.07. The highest BCUT2D eigenvalue weighted by molar-refractivity contribution is 7.80. The quantitative estimate of drug-likeness (QED) is 0.0877. The van der Waals surface area contributed by atoms with Crippen LogP contribution in [0.2, 0.25) is 0 Å². The van der Waals surface area contributed by atoms with Crippen molar-refractivity contribution in [2.75, 3.05) is 12.4 Å². The lowest BCUT2D eigenvalue weighted by atomic mass is 9.99. The average molecular weight is 584 g/mol. The molecular weight excluding hydrogens is 546 g/mol. The zero-order valence-corrected chi connectivity index (χ0v) is 23.1. The van der Waals surface area contributed by atoms with Crippen molar-refractivity contribution in [3.05, 3.63) is 35.9 Å². The number of primary amides is 1. The van der Waals surface area contributed by atoms with E-state index < -0.39 is 78.3 Å². The van der Waals surface area contributed by atoms with Crippen LogP contribution < -0.4 is 27.0 Å². The number of aliphatic carboxylic acids is 1. The Labute approximate surface area is 236 Å². The summed E-state index contributed by atoms with van der Waals surface area (Å²) >= 11 is 4.24. The molecule has 5 amide bonds. The van der Waals surface area contributed by atoms with Gasteiger partial charge in [0.1, 0.15) is 24.2 Å². The predicted octanol–water partition coefficient (Wildman–Crippen LogP) is -2.54. The number of carboxylic acid groups (broad SMARTS) is 1. The number of aliphatic hydroxyl groups excluding tert-OH is 2. The Hall–Kier alpha value is -3.69. The number of hydrogen-bond donors (Lipinski definition) is 9. The highest BCUT2D eigenvalue weighted by atomic mass is 32.1. The lowest BCUT2D eigenvalue weighted by molar-refractivity contribution is -0.142. The number of nitrogens with two attached hydrogens (primary N) is 1. The maximum atomic E-state index is 13.1. The van der Waals surface area contributed by atoms with Gasteiger partial charge in [0, 0.05) is 12.2 Å². The summed E-state index contributed by atoms with van der Waals surface area (Å²) in [5.74, 6) is -6.11. The van der Waals surface area contributed by atoms with Crippen LogP contribution in [0.1, 0.15) is 32.3 Å². The first-order valence-electron chi connectivity index (χ1n) is 12.5. The van der Waals surface area contributed by atoms with E-state index >= 15 is 0 Å². The van der Waals surface area contributed by atoms with Crippen molar-refractivity contribution >= 4 is 48.1 Å². The van der Waals surface area contributed by atoms with Crippen molar-refractivity contribution in [2.45, 2.75) is 63.4 Å². The second-order valence-corrected chi connectivity index (χ2v) is 9.54. The molecule has 1 aromatic rings.